The molecule has 0 aliphatic rings. The van der Waals surface area contributed by atoms with Gasteiger partial charge in [0.05, 0.1) is 37.8 Å². The minimum Gasteiger partial charge on any atom is -0.463 e. The van der Waals surface area contributed by atoms with Gasteiger partial charge in [-0.2, -0.15) is 0 Å². The summed E-state index contributed by atoms with van der Waals surface area (Å²) in [5, 5.41) is 29.2. The van der Waals surface area contributed by atoms with Gasteiger partial charge in [0.25, 0.3) is 0 Å². The van der Waals surface area contributed by atoms with Crippen molar-refractivity contribution in [3.05, 3.63) is 0 Å². The number of rotatable bonds is 16. The highest BCUT2D eigenvalue weighted by atomic mass is 16.6. The molecule has 0 aromatic heterocycles. The topological polar surface area (TPSA) is 132 Å². The number of hydrogen-bond acceptors (Lipinski definition) is 9. The van der Waals surface area contributed by atoms with Crippen LogP contribution in [0.4, 0.5) is 0 Å². The lowest BCUT2D eigenvalue weighted by atomic mass is 9.91. The van der Waals surface area contributed by atoms with E-state index in [4.69, 9.17) is 18.9 Å². The van der Waals surface area contributed by atoms with Gasteiger partial charge in [0.2, 0.25) is 0 Å². The first-order valence-electron chi connectivity index (χ1n) is 10.1. The van der Waals surface area contributed by atoms with Gasteiger partial charge in [0.1, 0.15) is 31.5 Å². The SMILES string of the molecule is CCC(C)C(=O)OCC(O)COCC(O)COCC(O)COC(=O)C(C)(C)CC. The van der Waals surface area contributed by atoms with Crippen LogP contribution in [0.15, 0.2) is 0 Å². The van der Waals surface area contributed by atoms with E-state index >= 15 is 0 Å². The molecular weight excluding hydrogens is 384 g/mol. The van der Waals surface area contributed by atoms with Gasteiger partial charge < -0.3 is 34.3 Å². The van der Waals surface area contributed by atoms with Gasteiger partial charge in [-0.15, -0.1) is 0 Å². The Labute approximate surface area is 173 Å². The van der Waals surface area contributed by atoms with Gasteiger partial charge in [-0.25, -0.2) is 0 Å². The average Bonchev–Trinajstić information content (AvgIpc) is 2.69. The molecule has 9 nitrogen and oxygen atoms in total. The molecule has 0 saturated heterocycles. The molecule has 0 aliphatic carbocycles. The van der Waals surface area contributed by atoms with Gasteiger partial charge in [0.15, 0.2) is 0 Å². The van der Waals surface area contributed by atoms with Crippen molar-refractivity contribution in [2.45, 2.75) is 65.8 Å². The van der Waals surface area contributed by atoms with Crippen molar-refractivity contribution in [2.75, 3.05) is 39.6 Å². The van der Waals surface area contributed by atoms with Crippen molar-refractivity contribution in [3.8, 4) is 0 Å². The molecule has 0 fully saturated rings. The Morgan fingerprint density at radius 2 is 1.21 bits per heavy atom. The first-order valence-corrected chi connectivity index (χ1v) is 10.1. The molecule has 29 heavy (non-hydrogen) atoms. The van der Waals surface area contributed by atoms with E-state index in [1.54, 1.807) is 20.8 Å². The van der Waals surface area contributed by atoms with E-state index in [0.717, 1.165) is 0 Å². The Hall–Kier alpha value is -1.26. The zero-order chi connectivity index (χ0) is 22.4. The van der Waals surface area contributed by atoms with Crippen molar-refractivity contribution in [3.63, 3.8) is 0 Å². The highest BCUT2D eigenvalue weighted by molar-refractivity contribution is 5.75. The number of aliphatic hydroxyl groups is 3. The summed E-state index contributed by atoms with van der Waals surface area (Å²) in [7, 11) is 0. The predicted molar refractivity (Wildman–Crippen MR) is 105 cm³/mol. The fourth-order valence-corrected chi connectivity index (χ4v) is 1.82. The molecule has 9 heteroatoms. The van der Waals surface area contributed by atoms with E-state index in [-0.39, 0.29) is 57.5 Å². The molecule has 0 amide bonds. The number of aliphatic hydroxyl groups excluding tert-OH is 3. The summed E-state index contributed by atoms with van der Waals surface area (Å²) >= 11 is 0. The molecule has 0 heterocycles. The third kappa shape index (κ3) is 12.8. The highest BCUT2D eigenvalue weighted by Crippen LogP contribution is 2.21. The van der Waals surface area contributed by atoms with Crippen LogP contribution in [0.3, 0.4) is 0 Å². The molecule has 3 N–H and O–H groups in total. The summed E-state index contributed by atoms with van der Waals surface area (Å²) < 4.78 is 20.3. The van der Waals surface area contributed by atoms with Crippen LogP contribution in [0.2, 0.25) is 0 Å². The summed E-state index contributed by atoms with van der Waals surface area (Å²) in [5.41, 5.74) is -0.606. The van der Waals surface area contributed by atoms with Crippen LogP contribution in [0.1, 0.15) is 47.5 Å². The Bertz CT molecular complexity index is 467. The fraction of sp³-hybridized carbons (Fsp3) is 0.900. The lowest BCUT2D eigenvalue weighted by Crippen LogP contribution is -2.32. The van der Waals surface area contributed by atoms with Crippen LogP contribution >= 0.6 is 0 Å². The largest absolute Gasteiger partial charge is 0.463 e. The predicted octanol–water partition coefficient (Wildman–Crippen LogP) is 0.671. The molecule has 4 unspecified atom stereocenters. The third-order valence-electron chi connectivity index (χ3n) is 4.52. The first kappa shape index (κ1) is 27.7. The monoisotopic (exact) mass is 422 g/mol. The minimum absolute atomic E-state index is 0.0911. The Balaban J connectivity index is 3.82. The first-order chi connectivity index (χ1) is 13.5. The second kappa shape index (κ2) is 14.7. The van der Waals surface area contributed by atoms with Crippen molar-refractivity contribution in [1.82, 2.24) is 0 Å². The van der Waals surface area contributed by atoms with E-state index in [2.05, 4.69) is 0 Å². The molecule has 0 aromatic rings. The highest BCUT2D eigenvalue weighted by Gasteiger charge is 2.27. The lowest BCUT2D eigenvalue weighted by Gasteiger charge is -2.21. The summed E-state index contributed by atoms with van der Waals surface area (Å²) in [6.45, 7) is 8.28. The Morgan fingerprint density at radius 3 is 1.62 bits per heavy atom. The second-order valence-electron chi connectivity index (χ2n) is 7.81. The number of hydrogen-bond donors (Lipinski definition) is 3. The van der Waals surface area contributed by atoms with Gasteiger partial charge in [-0.1, -0.05) is 20.8 Å². The summed E-state index contributed by atoms with van der Waals surface area (Å²) in [6, 6.07) is 0. The Morgan fingerprint density at radius 1 is 0.793 bits per heavy atom. The number of carbonyl (C=O) groups excluding carboxylic acids is 2. The van der Waals surface area contributed by atoms with Gasteiger partial charge in [-0.05, 0) is 26.7 Å². The van der Waals surface area contributed by atoms with Crippen LogP contribution in [0.5, 0.6) is 0 Å². The van der Waals surface area contributed by atoms with Crippen LogP contribution in [0.25, 0.3) is 0 Å². The maximum atomic E-state index is 11.8. The molecule has 0 spiro atoms. The molecular formula is C20H38O9. The van der Waals surface area contributed by atoms with Gasteiger partial charge >= 0.3 is 11.9 Å². The van der Waals surface area contributed by atoms with Crippen molar-refractivity contribution in [2.24, 2.45) is 11.3 Å². The van der Waals surface area contributed by atoms with Gasteiger partial charge in [0, 0.05) is 0 Å². The second-order valence-corrected chi connectivity index (χ2v) is 7.81. The molecule has 0 radical (unpaired) electrons. The fourth-order valence-electron chi connectivity index (χ4n) is 1.82. The van der Waals surface area contributed by atoms with Gasteiger partial charge in [-0.3, -0.25) is 9.59 Å². The molecule has 0 saturated carbocycles. The maximum Gasteiger partial charge on any atom is 0.311 e. The summed E-state index contributed by atoms with van der Waals surface area (Å²) in [5.74, 6) is -0.984. The van der Waals surface area contributed by atoms with E-state index in [9.17, 15) is 24.9 Å². The normalized spacial score (nSPS) is 16.0. The summed E-state index contributed by atoms with van der Waals surface area (Å²) in [6.07, 6.45) is -1.66. The zero-order valence-electron chi connectivity index (χ0n) is 18.3. The number of ether oxygens (including phenoxy) is 4. The van der Waals surface area contributed by atoms with E-state index in [0.29, 0.717) is 12.8 Å². The van der Waals surface area contributed by atoms with Crippen LogP contribution in [0, 0.1) is 11.3 Å². The van der Waals surface area contributed by atoms with Crippen LogP contribution in [-0.4, -0.2) is 85.2 Å². The zero-order valence-corrected chi connectivity index (χ0v) is 18.3. The van der Waals surface area contributed by atoms with Crippen LogP contribution < -0.4 is 0 Å². The molecule has 0 bridgehead atoms. The van der Waals surface area contributed by atoms with E-state index in [1.807, 2.05) is 13.8 Å². The minimum atomic E-state index is -0.998. The Kier molecular flexibility index (Phi) is 14.0. The third-order valence-corrected chi connectivity index (χ3v) is 4.52. The molecule has 0 aromatic carbocycles. The smallest absolute Gasteiger partial charge is 0.311 e. The standard InChI is InChI=1S/C20H38O9/c1-6-14(3)18(24)28-12-16(22)10-26-8-15(21)9-27-11-17(23)13-29-19(25)20(4,5)7-2/h14-17,21-23H,6-13H2,1-5H3. The lowest BCUT2D eigenvalue weighted by molar-refractivity contribution is -0.158. The molecule has 4 atom stereocenters. The number of esters is 2. The number of carbonyl (C=O) groups is 2. The quantitative estimate of drug-likeness (QED) is 0.307. The molecule has 0 rings (SSSR count). The van der Waals surface area contributed by atoms with Crippen LogP contribution in [-0.2, 0) is 28.5 Å². The average molecular weight is 423 g/mol. The summed E-state index contributed by atoms with van der Waals surface area (Å²) in [4.78, 5) is 23.3. The van der Waals surface area contributed by atoms with E-state index < -0.39 is 23.7 Å². The van der Waals surface area contributed by atoms with Crippen molar-refractivity contribution >= 4 is 11.9 Å². The van der Waals surface area contributed by atoms with Crippen molar-refractivity contribution in [1.29, 1.82) is 0 Å². The molecule has 172 valence electrons. The molecule has 0 aliphatic heterocycles. The van der Waals surface area contributed by atoms with E-state index in [1.165, 1.54) is 0 Å². The van der Waals surface area contributed by atoms with Crippen molar-refractivity contribution < 1.29 is 43.9 Å². The maximum absolute atomic E-state index is 11.8.